The molecule has 1 N–H and O–H groups in total. The summed E-state index contributed by atoms with van der Waals surface area (Å²) in [6.07, 6.45) is 3.51. The van der Waals surface area contributed by atoms with Crippen LogP contribution < -0.4 is 9.62 Å². The van der Waals surface area contributed by atoms with E-state index in [4.69, 9.17) is 0 Å². The molecule has 152 valence electrons. The maximum atomic E-state index is 12.8. The first-order valence-corrected chi connectivity index (χ1v) is 11.0. The number of hydrogen-bond donors (Lipinski definition) is 1. The normalized spacial score (nSPS) is 21.0. The Hall–Kier alpha value is -1.15. The molecule has 1 aromatic carbocycles. The van der Waals surface area contributed by atoms with Crippen molar-refractivity contribution in [1.82, 2.24) is 9.62 Å². The second-order valence-electron chi connectivity index (χ2n) is 7.47. The second-order valence-corrected chi connectivity index (χ2v) is 9.18. The van der Waals surface area contributed by atoms with E-state index in [-0.39, 0.29) is 30.4 Å². The van der Waals surface area contributed by atoms with E-state index in [1.54, 1.807) is 30.0 Å². The molecule has 1 amide bonds. The van der Waals surface area contributed by atoms with Crippen molar-refractivity contribution in [2.45, 2.75) is 63.4 Å². The number of hydrogen-bond acceptors (Lipinski definition) is 4. The molecule has 3 rings (SSSR count). The number of likely N-dealkylation sites (tertiary alicyclic amines) is 1. The van der Waals surface area contributed by atoms with Gasteiger partial charge in [-0.3, -0.25) is 4.79 Å². The smallest absolute Gasteiger partial charge is 0.240 e. The fourth-order valence-electron chi connectivity index (χ4n) is 4.13. The molecular formula is C19H30ClN3O3S. The lowest BCUT2D eigenvalue weighted by atomic mass is 10.1. The Morgan fingerprint density at radius 3 is 2.52 bits per heavy atom. The molecule has 2 aliphatic rings. The van der Waals surface area contributed by atoms with Crippen LogP contribution in [0.25, 0.3) is 0 Å². The Morgan fingerprint density at radius 1 is 1.26 bits per heavy atom. The van der Waals surface area contributed by atoms with Crippen molar-refractivity contribution >= 4 is 34.0 Å². The van der Waals surface area contributed by atoms with E-state index < -0.39 is 10.0 Å². The van der Waals surface area contributed by atoms with E-state index >= 15 is 0 Å². The number of piperidine rings is 1. The van der Waals surface area contributed by atoms with E-state index in [1.807, 2.05) is 6.92 Å². The summed E-state index contributed by atoms with van der Waals surface area (Å²) in [5.41, 5.74) is 1.75. The van der Waals surface area contributed by atoms with Gasteiger partial charge >= 0.3 is 0 Å². The van der Waals surface area contributed by atoms with Crippen LogP contribution in [0.1, 0.15) is 45.6 Å². The van der Waals surface area contributed by atoms with Crippen LogP contribution in [0.3, 0.4) is 0 Å². The topological polar surface area (TPSA) is 69.7 Å². The van der Waals surface area contributed by atoms with Gasteiger partial charge in [0.2, 0.25) is 15.9 Å². The van der Waals surface area contributed by atoms with Crippen LogP contribution in [0.2, 0.25) is 0 Å². The maximum Gasteiger partial charge on any atom is 0.240 e. The number of fused-ring (bicyclic) bond motifs is 1. The van der Waals surface area contributed by atoms with Gasteiger partial charge in [-0.2, -0.15) is 0 Å². The van der Waals surface area contributed by atoms with Gasteiger partial charge in [0.05, 0.1) is 4.90 Å². The summed E-state index contributed by atoms with van der Waals surface area (Å²) in [6, 6.07) is 5.16. The number of sulfonamides is 1. The number of carbonyl (C=O) groups is 1. The average Bonchev–Trinajstić information content (AvgIpc) is 2.91. The first-order chi connectivity index (χ1) is 12.3. The summed E-state index contributed by atoms with van der Waals surface area (Å²) in [5, 5.41) is 0. The number of rotatable bonds is 5. The van der Waals surface area contributed by atoms with Crippen LogP contribution in [-0.4, -0.2) is 50.9 Å². The summed E-state index contributed by atoms with van der Waals surface area (Å²) in [7, 11) is -3.54. The first kappa shape index (κ1) is 22.1. The van der Waals surface area contributed by atoms with Crippen molar-refractivity contribution in [3.63, 3.8) is 0 Å². The van der Waals surface area contributed by atoms with Gasteiger partial charge in [-0.15, -0.1) is 12.4 Å². The van der Waals surface area contributed by atoms with E-state index in [9.17, 15) is 13.2 Å². The van der Waals surface area contributed by atoms with Gasteiger partial charge < -0.3 is 9.80 Å². The minimum absolute atomic E-state index is 0. The molecular weight excluding hydrogens is 386 g/mol. The Labute approximate surface area is 168 Å². The zero-order valence-electron chi connectivity index (χ0n) is 16.3. The average molecular weight is 416 g/mol. The summed E-state index contributed by atoms with van der Waals surface area (Å²) < 4.78 is 28.5. The van der Waals surface area contributed by atoms with E-state index in [1.165, 1.54) is 0 Å². The molecule has 0 radical (unpaired) electrons. The van der Waals surface area contributed by atoms with Crippen LogP contribution in [0.5, 0.6) is 0 Å². The van der Waals surface area contributed by atoms with Crippen LogP contribution in [0.15, 0.2) is 23.1 Å². The number of nitrogens with zero attached hydrogens (tertiary/aromatic N) is 2. The molecule has 2 heterocycles. The lowest BCUT2D eigenvalue weighted by Crippen LogP contribution is -2.44. The molecule has 27 heavy (non-hydrogen) atoms. The SMILES string of the molecule is CCCN1CCC(NS(=O)(=O)c2ccc3c(c2)CC(C)N3C(C)=O)CC1.Cl. The maximum absolute atomic E-state index is 12.8. The highest BCUT2D eigenvalue weighted by Crippen LogP contribution is 2.34. The van der Waals surface area contributed by atoms with Crippen molar-refractivity contribution in [2.24, 2.45) is 0 Å². The fourth-order valence-corrected chi connectivity index (χ4v) is 5.49. The second kappa shape index (κ2) is 8.90. The van der Waals surface area contributed by atoms with Crippen molar-refractivity contribution in [3.05, 3.63) is 23.8 Å². The number of carbonyl (C=O) groups excluding carboxylic acids is 1. The van der Waals surface area contributed by atoms with Crippen molar-refractivity contribution < 1.29 is 13.2 Å². The molecule has 0 aromatic heterocycles. The summed E-state index contributed by atoms with van der Waals surface area (Å²) in [5.74, 6) is -0.0104. The lowest BCUT2D eigenvalue weighted by molar-refractivity contribution is -0.116. The zero-order valence-corrected chi connectivity index (χ0v) is 17.9. The number of nitrogens with one attached hydrogen (secondary N) is 1. The molecule has 0 spiro atoms. The predicted octanol–water partition coefficient (Wildman–Crippen LogP) is 2.56. The number of amides is 1. The van der Waals surface area contributed by atoms with Crippen molar-refractivity contribution in [1.29, 1.82) is 0 Å². The summed E-state index contributed by atoms with van der Waals surface area (Å²) in [4.78, 5) is 16.2. The third-order valence-corrected chi connectivity index (χ3v) is 6.88. The Kier molecular flexibility index (Phi) is 7.30. The minimum Gasteiger partial charge on any atom is -0.309 e. The third kappa shape index (κ3) is 4.83. The van der Waals surface area contributed by atoms with E-state index in [2.05, 4.69) is 16.5 Å². The van der Waals surface area contributed by atoms with Gasteiger partial charge in [0.1, 0.15) is 0 Å². The molecule has 1 atom stereocenters. The fraction of sp³-hybridized carbons (Fsp3) is 0.632. The molecule has 0 saturated carbocycles. The molecule has 0 bridgehead atoms. The molecule has 2 aliphatic heterocycles. The lowest BCUT2D eigenvalue weighted by Gasteiger charge is -2.31. The highest BCUT2D eigenvalue weighted by atomic mass is 35.5. The Morgan fingerprint density at radius 2 is 1.93 bits per heavy atom. The first-order valence-electron chi connectivity index (χ1n) is 9.49. The quantitative estimate of drug-likeness (QED) is 0.802. The van der Waals surface area contributed by atoms with Crippen LogP contribution in [0, 0.1) is 0 Å². The monoisotopic (exact) mass is 415 g/mol. The molecule has 1 unspecified atom stereocenters. The minimum atomic E-state index is -3.54. The molecule has 1 fully saturated rings. The predicted molar refractivity (Wildman–Crippen MR) is 110 cm³/mol. The molecule has 6 nitrogen and oxygen atoms in total. The zero-order chi connectivity index (χ0) is 18.9. The van der Waals surface area contributed by atoms with Gasteiger partial charge in [0.25, 0.3) is 0 Å². The summed E-state index contributed by atoms with van der Waals surface area (Å²) in [6.45, 7) is 8.65. The van der Waals surface area contributed by atoms with Gasteiger partial charge in [0.15, 0.2) is 0 Å². The largest absolute Gasteiger partial charge is 0.309 e. The standard InChI is InChI=1S/C19H29N3O3S.ClH/c1-4-9-21-10-7-17(8-11-21)20-26(24,25)18-5-6-19-16(13-18)12-14(2)22(19)15(3)23;/h5-6,13-14,17,20H,4,7-12H2,1-3H3;1H. The molecule has 8 heteroatoms. The van der Waals surface area contributed by atoms with Crippen LogP contribution >= 0.6 is 12.4 Å². The number of anilines is 1. The third-order valence-electron chi connectivity index (χ3n) is 5.37. The van der Waals surface area contributed by atoms with Gasteiger partial charge in [-0.05, 0) is 76.0 Å². The molecule has 1 aromatic rings. The van der Waals surface area contributed by atoms with Crippen molar-refractivity contribution in [2.75, 3.05) is 24.5 Å². The Bertz CT molecular complexity index is 776. The number of benzene rings is 1. The van der Waals surface area contributed by atoms with Gasteiger partial charge in [0, 0.05) is 24.7 Å². The van der Waals surface area contributed by atoms with Crippen molar-refractivity contribution in [3.8, 4) is 0 Å². The van der Waals surface area contributed by atoms with Gasteiger partial charge in [-0.25, -0.2) is 13.1 Å². The molecule has 0 aliphatic carbocycles. The van der Waals surface area contributed by atoms with E-state index in [0.717, 1.165) is 50.1 Å². The van der Waals surface area contributed by atoms with Gasteiger partial charge in [-0.1, -0.05) is 6.92 Å². The Balaban J connectivity index is 0.00000261. The highest BCUT2D eigenvalue weighted by molar-refractivity contribution is 7.89. The van der Waals surface area contributed by atoms with E-state index in [0.29, 0.717) is 11.3 Å². The highest BCUT2D eigenvalue weighted by Gasteiger charge is 2.31. The number of halogens is 1. The van der Waals surface area contributed by atoms with Crippen LogP contribution in [-0.2, 0) is 21.2 Å². The van der Waals surface area contributed by atoms with Crippen LogP contribution in [0.4, 0.5) is 5.69 Å². The molecule has 1 saturated heterocycles. The summed E-state index contributed by atoms with van der Waals surface area (Å²) >= 11 is 0.